The number of ketones is 1. The number of Topliss-reactive ketones (excluding diaryl/α,β-unsaturated/α-hetero) is 1. The predicted octanol–water partition coefficient (Wildman–Crippen LogP) is 3.01. The van der Waals surface area contributed by atoms with Crippen molar-refractivity contribution in [1.82, 2.24) is 0 Å². The molecule has 0 atom stereocenters. The first-order chi connectivity index (χ1) is 5.72. The van der Waals surface area contributed by atoms with E-state index in [1.807, 2.05) is 0 Å². The fourth-order valence-electron chi connectivity index (χ4n) is 1.91. The Morgan fingerprint density at radius 1 is 1.33 bits per heavy atom. The van der Waals surface area contributed by atoms with Crippen LogP contribution in [-0.4, -0.2) is 11.7 Å². The third-order valence-electron chi connectivity index (χ3n) is 2.80. The molecule has 1 rings (SSSR count). The first-order valence-electron chi connectivity index (χ1n) is 4.80. The van der Waals surface area contributed by atoms with E-state index in [1.54, 1.807) is 0 Å². The standard InChI is InChI=1S/C10H17ClO/c1-8-2-4-9(5-3-8)6-10(12)7-11/h8-9H,2-7H2,1H3. The van der Waals surface area contributed by atoms with E-state index in [1.165, 1.54) is 25.7 Å². The summed E-state index contributed by atoms with van der Waals surface area (Å²) in [5.74, 6) is 1.92. The van der Waals surface area contributed by atoms with E-state index in [0.29, 0.717) is 5.92 Å². The zero-order valence-electron chi connectivity index (χ0n) is 7.68. The van der Waals surface area contributed by atoms with Crippen molar-refractivity contribution in [2.75, 3.05) is 5.88 Å². The molecule has 2 heteroatoms. The molecule has 1 saturated carbocycles. The van der Waals surface area contributed by atoms with Crippen molar-refractivity contribution < 1.29 is 4.79 Å². The van der Waals surface area contributed by atoms with Gasteiger partial charge in [-0.05, 0) is 24.7 Å². The van der Waals surface area contributed by atoms with Crippen LogP contribution in [0.5, 0.6) is 0 Å². The van der Waals surface area contributed by atoms with Crippen molar-refractivity contribution in [2.45, 2.75) is 39.0 Å². The average molecular weight is 189 g/mol. The van der Waals surface area contributed by atoms with Crippen LogP contribution >= 0.6 is 11.6 Å². The molecule has 70 valence electrons. The van der Waals surface area contributed by atoms with E-state index in [4.69, 9.17) is 11.6 Å². The molecule has 0 aliphatic heterocycles. The summed E-state index contributed by atoms with van der Waals surface area (Å²) in [7, 11) is 0. The molecule has 0 unspecified atom stereocenters. The Bertz CT molecular complexity index is 148. The van der Waals surface area contributed by atoms with Crippen molar-refractivity contribution >= 4 is 17.4 Å². The lowest BCUT2D eigenvalue weighted by molar-refractivity contribution is -0.117. The molecule has 1 nitrogen and oxygen atoms in total. The normalized spacial score (nSPS) is 30.2. The molecule has 1 aliphatic rings. The largest absolute Gasteiger partial charge is 0.298 e. The van der Waals surface area contributed by atoms with Crippen LogP contribution in [0.15, 0.2) is 0 Å². The highest BCUT2D eigenvalue weighted by molar-refractivity contribution is 6.27. The monoisotopic (exact) mass is 188 g/mol. The summed E-state index contributed by atoms with van der Waals surface area (Å²) in [6.07, 6.45) is 5.75. The van der Waals surface area contributed by atoms with Gasteiger partial charge in [0.2, 0.25) is 0 Å². The van der Waals surface area contributed by atoms with E-state index in [-0.39, 0.29) is 11.7 Å². The number of carbonyl (C=O) groups excluding carboxylic acids is 1. The number of carbonyl (C=O) groups is 1. The maximum Gasteiger partial charge on any atom is 0.147 e. The van der Waals surface area contributed by atoms with Gasteiger partial charge in [-0.1, -0.05) is 19.8 Å². The van der Waals surface area contributed by atoms with Crippen molar-refractivity contribution in [3.8, 4) is 0 Å². The first kappa shape index (κ1) is 10.0. The maximum atomic E-state index is 11.0. The second-order valence-electron chi connectivity index (χ2n) is 4.00. The fourth-order valence-corrected chi connectivity index (χ4v) is 2.02. The molecule has 0 N–H and O–H groups in total. The van der Waals surface area contributed by atoms with E-state index in [2.05, 4.69) is 6.92 Å². The summed E-state index contributed by atoms with van der Waals surface area (Å²) >= 11 is 5.45. The lowest BCUT2D eigenvalue weighted by Crippen LogP contribution is -2.16. The van der Waals surface area contributed by atoms with Crippen molar-refractivity contribution in [3.63, 3.8) is 0 Å². The molecular formula is C10H17ClO. The van der Waals surface area contributed by atoms with E-state index < -0.39 is 0 Å². The van der Waals surface area contributed by atoms with Gasteiger partial charge in [0.15, 0.2) is 0 Å². The topological polar surface area (TPSA) is 17.1 Å². The lowest BCUT2D eigenvalue weighted by Gasteiger charge is -2.25. The molecule has 0 heterocycles. The van der Waals surface area contributed by atoms with Crippen LogP contribution < -0.4 is 0 Å². The van der Waals surface area contributed by atoms with Crippen molar-refractivity contribution in [1.29, 1.82) is 0 Å². The number of hydrogen-bond donors (Lipinski definition) is 0. The Balaban J connectivity index is 2.21. The summed E-state index contributed by atoms with van der Waals surface area (Å²) in [6.45, 7) is 2.29. The van der Waals surface area contributed by atoms with Crippen LogP contribution in [0.3, 0.4) is 0 Å². The maximum absolute atomic E-state index is 11.0. The lowest BCUT2D eigenvalue weighted by atomic mass is 9.81. The highest BCUT2D eigenvalue weighted by Crippen LogP contribution is 2.30. The Hall–Kier alpha value is -0.0400. The Morgan fingerprint density at radius 3 is 2.42 bits per heavy atom. The Kier molecular flexibility index (Phi) is 4.07. The van der Waals surface area contributed by atoms with Gasteiger partial charge in [-0.2, -0.15) is 0 Å². The van der Waals surface area contributed by atoms with E-state index >= 15 is 0 Å². The van der Waals surface area contributed by atoms with Crippen molar-refractivity contribution in [3.05, 3.63) is 0 Å². The summed E-state index contributed by atoms with van der Waals surface area (Å²) < 4.78 is 0. The average Bonchev–Trinajstić information content (AvgIpc) is 2.09. The van der Waals surface area contributed by atoms with Gasteiger partial charge in [-0.15, -0.1) is 11.6 Å². The minimum absolute atomic E-state index is 0.200. The molecule has 0 aromatic rings. The molecule has 12 heavy (non-hydrogen) atoms. The third-order valence-corrected chi connectivity index (χ3v) is 3.10. The van der Waals surface area contributed by atoms with Gasteiger partial charge in [-0.25, -0.2) is 0 Å². The number of alkyl halides is 1. The quantitative estimate of drug-likeness (QED) is 0.623. The second-order valence-corrected chi connectivity index (χ2v) is 4.27. The second kappa shape index (κ2) is 4.86. The first-order valence-corrected chi connectivity index (χ1v) is 5.33. The highest BCUT2D eigenvalue weighted by atomic mass is 35.5. The zero-order chi connectivity index (χ0) is 8.97. The van der Waals surface area contributed by atoms with Crippen molar-refractivity contribution in [2.24, 2.45) is 11.8 Å². The minimum atomic E-state index is 0.200. The van der Waals surface area contributed by atoms with Crippen LogP contribution in [-0.2, 0) is 4.79 Å². The molecule has 0 aromatic carbocycles. The third kappa shape index (κ3) is 3.14. The Labute approximate surface area is 79.5 Å². The van der Waals surface area contributed by atoms with Gasteiger partial charge in [-0.3, -0.25) is 4.79 Å². The van der Waals surface area contributed by atoms with Crippen LogP contribution in [0.4, 0.5) is 0 Å². The molecule has 0 bridgehead atoms. The summed E-state index contributed by atoms with van der Waals surface area (Å²) in [4.78, 5) is 11.0. The van der Waals surface area contributed by atoms with Crippen LogP contribution in [0.25, 0.3) is 0 Å². The highest BCUT2D eigenvalue weighted by Gasteiger charge is 2.19. The van der Waals surface area contributed by atoms with Crippen LogP contribution in [0.1, 0.15) is 39.0 Å². The van der Waals surface area contributed by atoms with Gasteiger partial charge in [0.05, 0.1) is 5.88 Å². The van der Waals surface area contributed by atoms with E-state index in [9.17, 15) is 4.79 Å². The smallest absolute Gasteiger partial charge is 0.147 e. The van der Waals surface area contributed by atoms with Crippen LogP contribution in [0.2, 0.25) is 0 Å². The van der Waals surface area contributed by atoms with Crippen LogP contribution in [0, 0.1) is 11.8 Å². The molecule has 0 radical (unpaired) electrons. The SMILES string of the molecule is CC1CCC(CC(=O)CCl)CC1. The molecule has 0 saturated heterocycles. The molecule has 0 spiro atoms. The summed E-state index contributed by atoms with van der Waals surface area (Å²) in [5, 5.41) is 0. The zero-order valence-corrected chi connectivity index (χ0v) is 8.44. The molecule has 1 fully saturated rings. The number of hydrogen-bond acceptors (Lipinski definition) is 1. The van der Waals surface area contributed by atoms with Gasteiger partial charge in [0, 0.05) is 6.42 Å². The number of halogens is 1. The summed E-state index contributed by atoms with van der Waals surface area (Å²) in [6, 6.07) is 0. The van der Waals surface area contributed by atoms with E-state index in [0.717, 1.165) is 12.3 Å². The number of rotatable bonds is 3. The molecule has 0 aromatic heterocycles. The Morgan fingerprint density at radius 2 is 1.92 bits per heavy atom. The molecule has 1 aliphatic carbocycles. The van der Waals surface area contributed by atoms with Gasteiger partial charge >= 0.3 is 0 Å². The fraction of sp³-hybridized carbons (Fsp3) is 0.900. The molecular weight excluding hydrogens is 172 g/mol. The predicted molar refractivity (Wildman–Crippen MR) is 51.5 cm³/mol. The minimum Gasteiger partial charge on any atom is -0.298 e. The molecule has 0 amide bonds. The van der Waals surface area contributed by atoms with Gasteiger partial charge in [0.1, 0.15) is 5.78 Å². The van der Waals surface area contributed by atoms with Gasteiger partial charge < -0.3 is 0 Å². The summed E-state index contributed by atoms with van der Waals surface area (Å²) in [5.41, 5.74) is 0. The van der Waals surface area contributed by atoms with Gasteiger partial charge in [0.25, 0.3) is 0 Å².